The van der Waals surface area contributed by atoms with E-state index >= 15 is 0 Å². The largest absolute Gasteiger partial charge is 0.465 e. The zero-order chi connectivity index (χ0) is 19.4. The van der Waals surface area contributed by atoms with Crippen LogP contribution in [0.25, 0.3) is 10.9 Å². The monoisotopic (exact) mass is 400 g/mol. The van der Waals surface area contributed by atoms with E-state index in [-0.39, 0.29) is 5.91 Å². The highest BCUT2D eigenvalue weighted by molar-refractivity contribution is 7.99. The van der Waals surface area contributed by atoms with E-state index in [1.165, 1.54) is 30.2 Å². The second-order valence-electron chi connectivity index (χ2n) is 5.97. The lowest BCUT2D eigenvalue weighted by atomic mass is 10.1. The first kappa shape index (κ1) is 19.4. The Kier molecular flexibility index (Phi) is 6.13. The molecule has 3 aromatic rings. The predicted octanol–water partition coefficient (Wildman–Crippen LogP) is 4.82. The van der Waals surface area contributed by atoms with Crippen molar-refractivity contribution in [1.29, 1.82) is 0 Å². The average molecular weight is 401 g/mol. The van der Waals surface area contributed by atoms with E-state index in [1.807, 2.05) is 50.2 Å². The van der Waals surface area contributed by atoms with Gasteiger partial charge in [-0.3, -0.25) is 4.79 Å². The molecule has 0 fully saturated rings. The van der Waals surface area contributed by atoms with Gasteiger partial charge in [0, 0.05) is 22.4 Å². The Hall–Kier alpha value is -2.38. The second kappa shape index (κ2) is 8.54. The fourth-order valence-corrected chi connectivity index (χ4v) is 4.52. The lowest BCUT2D eigenvalue weighted by molar-refractivity contribution is -0.115. The van der Waals surface area contributed by atoms with Crippen molar-refractivity contribution in [2.45, 2.75) is 25.3 Å². The van der Waals surface area contributed by atoms with Crippen LogP contribution in [0.1, 0.15) is 27.2 Å². The second-order valence-corrected chi connectivity index (χ2v) is 8.31. The van der Waals surface area contributed by atoms with Crippen molar-refractivity contribution in [2.75, 3.05) is 18.2 Å². The summed E-state index contributed by atoms with van der Waals surface area (Å²) in [6.45, 7) is 3.78. The highest BCUT2D eigenvalue weighted by Crippen LogP contribution is 2.33. The fourth-order valence-electron chi connectivity index (χ4n) is 2.63. The minimum absolute atomic E-state index is 0.130. The van der Waals surface area contributed by atoms with Crippen LogP contribution < -0.4 is 5.32 Å². The highest BCUT2D eigenvalue weighted by Gasteiger charge is 2.21. The van der Waals surface area contributed by atoms with Gasteiger partial charge in [0.05, 0.1) is 23.2 Å². The molecule has 1 aromatic carbocycles. The van der Waals surface area contributed by atoms with Crippen molar-refractivity contribution in [3.05, 3.63) is 52.4 Å². The van der Waals surface area contributed by atoms with E-state index in [0.29, 0.717) is 22.7 Å². The number of aryl methyl sites for hydroxylation is 1. The number of aromatic nitrogens is 1. The number of hydrogen-bond donors (Lipinski definition) is 1. The van der Waals surface area contributed by atoms with E-state index < -0.39 is 5.97 Å². The van der Waals surface area contributed by atoms with Gasteiger partial charge in [-0.25, -0.2) is 9.78 Å². The first-order valence-corrected chi connectivity index (χ1v) is 10.3. The van der Waals surface area contributed by atoms with Gasteiger partial charge in [-0.1, -0.05) is 24.3 Å². The van der Waals surface area contributed by atoms with Gasteiger partial charge in [-0.05, 0) is 31.5 Å². The molecular weight excluding hydrogens is 380 g/mol. The Balaban J connectivity index is 1.60. The minimum atomic E-state index is -0.429. The van der Waals surface area contributed by atoms with Gasteiger partial charge in [0.15, 0.2) is 0 Å². The van der Waals surface area contributed by atoms with Gasteiger partial charge in [0.2, 0.25) is 5.91 Å². The first-order valence-electron chi connectivity index (χ1n) is 8.46. The number of pyridine rings is 1. The van der Waals surface area contributed by atoms with Gasteiger partial charge in [-0.15, -0.1) is 23.1 Å². The molecule has 2 heterocycles. The molecule has 0 aliphatic carbocycles. The van der Waals surface area contributed by atoms with Crippen molar-refractivity contribution < 1.29 is 14.3 Å². The third-order valence-electron chi connectivity index (χ3n) is 4.18. The van der Waals surface area contributed by atoms with Gasteiger partial charge in [0.1, 0.15) is 5.00 Å². The van der Waals surface area contributed by atoms with Gasteiger partial charge in [-0.2, -0.15) is 0 Å². The molecule has 0 atom stereocenters. The predicted molar refractivity (Wildman–Crippen MR) is 111 cm³/mol. The quantitative estimate of drug-likeness (QED) is 0.474. The number of thiophene rings is 1. The molecule has 0 bridgehead atoms. The first-order chi connectivity index (χ1) is 13.0. The van der Waals surface area contributed by atoms with Crippen LogP contribution in [0.2, 0.25) is 0 Å². The number of anilines is 1. The Bertz CT molecular complexity index is 998. The molecule has 0 saturated carbocycles. The van der Waals surface area contributed by atoms with E-state index in [4.69, 9.17) is 4.74 Å². The van der Waals surface area contributed by atoms with Crippen molar-refractivity contribution in [1.82, 2.24) is 4.98 Å². The van der Waals surface area contributed by atoms with Crippen molar-refractivity contribution in [2.24, 2.45) is 0 Å². The Morgan fingerprint density at radius 3 is 2.74 bits per heavy atom. The number of nitrogens with one attached hydrogen (secondary N) is 1. The number of carbonyl (C=O) groups is 2. The highest BCUT2D eigenvalue weighted by atomic mass is 32.2. The van der Waals surface area contributed by atoms with Crippen molar-refractivity contribution in [3.63, 3.8) is 0 Å². The van der Waals surface area contributed by atoms with Gasteiger partial charge < -0.3 is 10.1 Å². The molecule has 27 heavy (non-hydrogen) atoms. The zero-order valence-corrected chi connectivity index (χ0v) is 17.0. The van der Waals surface area contributed by atoms with Crippen LogP contribution in [0.4, 0.5) is 5.00 Å². The van der Waals surface area contributed by atoms with Crippen molar-refractivity contribution >= 4 is 50.9 Å². The molecule has 2 aromatic heterocycles. The third kappa shape index (κ3) is 4.48. The number of amides is 1. The zero-order valence-electron chi connectivity index (χ0n) is 15.4. The summed E-state index contributed by atoms with van der Waals surface area (Å²) in [5.41, 5.74) is 2.23. The molecule has 0 aliphatic heterocycles. The van der Waals surface area contributed by atoms with Gasteiger partial charge in [0.25, 0.3) is 0 Å². The molecule has 0 saturated heterocycles. The maximum absolute atomic E-state index is 12.3. The van der Waals surface area contributed by atoms with Crippen LogP contribution >= 0.6 is 23.1 Å². The normalized spacial score (nSPS) is 10.8. The summed E-state index contributed by atoms with van der Waals surface area (Å²) in [6.07, 6.45) is 0.329. The number of fused-ring (bicyclic) bond motifs is 1. The number of rotatable bonds is 6. The number of thioether (sulfide) groups is 1. The topological polar surface area (TPSA) is 68.3 Å². The Labute approximate surface area is 166 Å². The third-order valence-corrected chi connectivity index (χ3v) is 6.23. The minimum Gasteiger partial charge on any atom is -0.465 e. The number of hydrogen-bond acceptors (Lipinski definition) is 6. The molecule has 0 spiro atoms. The molecule has 140 valence electrons. The molecule has 5 nitrogen and oxygen atoms in total. The lowest BCUT2D eigenvalue weighted by Crippen LogP contribution is -2.14. The molecule has 0 radical (unpaired) electrons. The van der Waals surface area contributed by atoms with E-state index in [9.17, 15) is 9.59 Å². The molecule has 7 heteroatoms. The maximum atomic E-state index is 12.3. The van der Waals surface area contributed by atoms with Crippen LogP contribution in [0.3, 0.4) is 0 Å². The van der Waals surface area contributed by atoms with Crippen LogP contribution in [0.5, 0.6) is 0 Å². The lowest BCUT2D eigenvalue weighted by Gasteiger charge is -2.06. The molecule has 3 rings (SSSR count). The van der Waals surface area contributed by atoms with Crippen molar-refractivity contribution in [3.8, 4) is 0 Å². The van der Waals surface area contributed by atoms with Crippen LogP contribution in [-0.4, -0.2) is 29.7 Å². The standard InChI is InChI=1S/C20H20N2O3S2/c1-12-13(2)27-19(18(12)20(24)25-3)22-16(23)10-11-26-17-9-8-14-6-4-5-7-15(14)21-17/h4-9H,10-11H2,1-3H3,(H,22,23). The van der Waals surface area contributed by atoms with Gasteiger partial charge >= 0.3 is 5.97 Å². The maximum Gasteiger partial charge on any atom is 0.341 e. The Morgan fingerprint density at radius 2 is 1.96 bits per heavy atom. The SMILES string of the molecule is COC(=O)c1c(NC(=O)CCSc2ccc3ccccc3n2)sc(C)c1C. The number of carbonyl (C=O) groups excluding carboxylic acids is 2. The molecule has 1 N–H and O–H groups in total. The summed E-state index contributed by atoms with van der Waals surface area (Å²) < 4.78 is 4.83. The Morgan fingerprint density at radius 1 is 1.19 bits per heavy atom. The van der Waals surface area contributed by atoms with E-state index in [1.54, 1.807) is 0 Å². The number of para-hydroxylation sites is 1. The summed E-state index contributed by atoms with van der Waals surface area (Å²) in [7, 11) is 1.34. The fraction of sp³-hybridized carbons (Fsp3) is 0.250. The van der Waals surface area contributed by atoms with E-state index in [0.717, 1.165) is 26.4 Å². The number of nitrogens with zero attached hydrogens (tertiary/aromatic N) is 1. The summed E-state index contributed by atoms with van der Waals surface area (Å²) in [5, 5.41) is 5.38. The number of benzene rings is 1. The summed E-state index contributed by atoms with van der Waals surface area (Å²) >= 11 is 2.93. The smallest absolute Gasteiger partial charge is 0.341 e. The van der Waals surface area contributed by atoms with Crippen LogP contribution in [0, 0.1) is 13.8 Å². The molecule has 0 unspecified atom stereocenters. The number of esters is 1. The van der Waals surface area contributed by atoms with Crippen LogP contribution in [0.15, 0.2) is 41.4 Å². The molecule has 0 aliphatic rings. The molecular formula is C20H20N2O3S2. The van der Waals surface area contributed by atoms with E-state index in [2.05, 4.69) is 10.3 Å². The summed E-state index contributed by atoms with van der Waals surface area (Å²) in [5.74, 6) is 0.0465. The average Bonchev–Trinajstić information content (AvgIpc) is 2.94. The molecule has 1 amide bonds. The summed E-state index contributed by atoms with van der Waals surface area (Å²) in [4.78, 5) is 29.9. The number of methoxy groups -OCH3 is 1. The summed E-state index contributed by atoms with van der Waals surface area (Å²) in [6, 6.07) is 11.9. The number of ether oxygens (including phenoxy) is 1. The van der Waals surface area contributed by atoms with Crippen LogP contribution in [-0.2, 0) is 9.53 Å².